The predicted octanol–water partition coefficient (Wildman–Crippen LogP) is 1.35. The van der Waals surface area contributed by atoms with Gasteiger partial charge in [-0.05, 0) is 12.5 Å². The predicted molar refractivity (Wildman–Crippen MR) is 80.1 cm³/mol. The van der Waals surface area contributed by atoms with Crippen LogP contribution in [0.1, 0.15) is 28.4 Å². The van der Waals surface area contributed by atoms with Gasteiger partial charge in [0.15, 0.2) is 5.70 Å². The van der Waals surface area contributed by atoms with Crippen LogP contribution in [0.15, 0.2) is 5.70 Å². The molecule has 0 saturated carbocycles. The maximum absolute atomic E-state index is 12.2. The van der Waals surface area contributed by atoms with Gasteiger partial charge in [-0.2, -0.15) is 5.26 Å². The quantitative estimate of drug-likeness (QED) is 0.465. The molecule has 2 heterocycles. The number of rotatable bonds is 5. The molecule has 0 fully saturated rings. The molecule has 0 spiro atoms. The van der Waals surface area contributed by atoms with E-state index in [0.717, 1.165) is 21.3 Å². The van der Waals surface area contributed by atoms with Gasteiger partial charge in [-0.15, -0.1) is 4.58 Å². The second-order valence-corrected chi connectivity index (χ2v) is 6.07. The number of nitrogens with zero attached hydrogens (tertiary/aromatic N) is 3. The summed E-state index contributed by atoms with van der Waals surface area (Å²) in [6.07, 6.45) is 6.61. The van der Waals surface area contributed by atoms with Gasteiger partial charge in [0.25, 0.3) is 6.10 Å². The molecule has 0 saturated heterocycles. The lowest BCUT2D eigenvalue weighted by Crippen LogP contribution is -2.29. The summed E-state index contributed by atoms with van der Waals surface area (Å²) in [6.45, 7) is 0.243. The molecule has 0 aromatic carbocycles. The Kier molecular flexibility index (Phi) is 4.22. The molecule has 114 valence electrons. The number of hydrogen-bond donors (Lipinski definition) is 0. The van der Waals surface area contributed by atoms with Crippen LogP contribution >= 0.6 is 11.3 Å². The minimum Gasteiger partial charge on any atom is -0.639 e. The smallest absolute Gasteiger partial charge is 0.438 e. The lowest BCUT2D eigenvalue weighted by atomic mass is 10.1. The van der Waals surface area contributed by atoms with Crippen molar-refractivity contribution in [2.24, 2.45) is 0 Å². The third-order valence-electron chi connectivity index (χ3n) is 3.45. The number of ether oxygens (including phenoxy) is 2. The van der Waals surface area contributed by atoms with E-state index < -0.39 is 6.10 Å². The normalized spacial score (nSPS) is 19.6. The Morgan fingerprint density at radius 3 is 3.32 bits per heavy atom. The molecule has 1 aliphatic heterocycles. The third-order valence-corrected chi connectivity index (χ3v) is 4.53. The van der Waals surface area contributed by atoms with Gasteiger partial charge in [0.05, 0.1) is 33.9 Å². The molecule has 2 aliphatic rings. The van der Waals surface area contributed by atoms with Crippen LogP contribution in [0.3, 0.4) is 0 Å². The van der Waals surface area contributed by atoms with E-state index in [1.54, 1.807) is 18.4 Å². The van der Waals surface area contributed by atoms with Crippen LogP contribution in [-0.2, 0) is 20.7 Å². The highest BCUT2D eigenvalue weighted by molar-refractivity contribution is 7.12. The van der Waals surface area contributed by atoms with Gasteiger partial charge in [-0.1, -0.05) is 0 Å². The Labute approximate surface area is 132 Å². The minimum atomic E-state index is -0.569. The number of allylic oxidation sites excluding steroid dienone is 1. The molecule has 0 N–H and O–H groups in total. The number of amides is 1. The van der Waals surface area contributed by atoms with E-state index in [9.17, 15) is 4.79 Å². The fourth-order valence-electron chi connectivity index (χ4n) is 2.36. The second-order valence-electron chi connectivity index (χ2n) is 4.95. The second kappa shape index (κ2) is 6.30. The number of carbonyl (C=O) groups is 1. The van der Waals surface area contributed by atoms with Gasteiger partial charge in [-0.25, -0.2) is 16.9 Å². The Hall–Kier alpha value is -2.17. The van der Waals surface area contributed by atoms with Crippen LogP contribution in [0, 0.1) is 17.8 Å². The van der Waals surface area contributed by atoms with E-state index in [-0.39, 0.29) is 12.5 Å². The van der Waals surface area contributed by atoms with Crippen LogP contribution in [0.4, 0.5) is 0 Å². The molecular formula is C15H15N3O3S. The van der Waals surface area contributed by atoms with Crippen molar-refractivity contribution in [1.82, 2.24) is 4.98 Å². The summed E-state index contributed by atoms with van der Waals surface area (Å²) in [7, 11) is 1.54. The molecule has 22 heavy (non-hydrogen) atoms. The summed E-state index contributed by atoms with van der Waals surface area (Å²) in [4.78, 5) is 17.8. The van der Waals surface area contributed by atoms with Gasteiger partial charge in [-0.3, -0.25) is 0 Å². The maximum Gasteiger partial charge on any atom is 0.438 e. The van der Waals surface area contributed by atoms with Crippen molar-refractivity contribution in [1.29, 1.82) is 5.26 Å². The molecule has 1 amide bonds. The molecule has 1 aromatic heterocycles. The number of aromatic nitrogens is 1. The van der Waals surface area contributed by atoms with Crippen LogP contribution in [0.5, 0.6) is 0 Å². The zero-order valence-electron chi connectivity index (χ0n) is 12.1. The third kappa shape index (κ3) is 2.75. The SMILES string of the molecule is COCC1OC=[N+](C2=Cc3[s+]c(CCC#N)[n-]c3[CH-]C2)C1=O. The summed E-state index contributed by atoms with van der Waals surface area (Å²) < 4.78 is 11.9. The molecule has 0 radical (unpaired) electrons. The monoisotopic (exact) mass is 317 g/mol. The fraction of sp³-hybridized carbons (Fsp3) is 0.400. The molecule has 1 aromatic rings. The summed E-state index contributed by atoms with van der Waals surface area (Å²) in [5.41, 5.74) is 1.80. The topological polar surface area (TPSA) is 76.4 Å². The summed E-state index contributed by atoms with van der Waals surface area (Å²) in [6, 6.07) is 2.13. The first-order valence-electron chi connectivity index (χ1n) is 6.94. The zero-order valence-corrected chi connectivity index (χ0v) is 12.9. The number of carbonyl (C=O) groups excluding carboxylic acids is 1. The van der Waals surface area contributed by atoms with E-state index >= 15 is 0 Å². The highest BCUT2D eigenvalue weighted by atomic mass is 32.1. The fourth-order valence-corrected chi connectivity index (χ4v) is 3.39. The molecule has 7 heteroatoms. The van der Waals surface area contributed by atoms with E-state index in [1.807, 2.05) is 12.5 Å². The Morgan fingerprint density at radius 1 is 1.68 bits per heavy atom. The van der Waals surface area contributed by atoms with E-state index in [4.69, 9.17) is 14.7 Å². The van der Waals surface area contributed by atoms with Crippen molar-refractivity contribution in [3.8, 4) is 6.07 Å². The first kappa shape index (κ1) is 14.8. The Balaban J connectivity index is 1.78. The molecule has 3 rings (SSSR count). The van der Waals surface area contributed by atoms with Crippen molar-refractivity contribution in [3.05, 3.63) is 27.7 Å². The van der Waals surface area contributed by atoms with Crippen LogP contribution in [0.2, 0.25) is 0 Å². The van der Waals surface area contributed by atoms with Crippen molar-refractivity contribution in [2.45, 2.75) is 25.4 Å². The summed E-state index contributed by atoms with van der Waals surface area (Å²) in [5, 5.41) is 9.60. The van der Waals surface area contributed by atoms with Crippen molar-refractivity contribution >= 4 is 29.7 Å². The van der Waals surface area contributed by atoms with E-state index in [1.165, 1.54) is 11.0 Å². The van der Waals surface area contributed by atoms with Crippen molar-refractivity contribution in [2.75, 3.05) is 13.7 Å². The Bertz CT molecular complexity index is 699. The highest BCUT2D eigenvalue weighted by Crippen LogP contribution is 2.31. The van der Waals surface area contributed by atoms with Gasteiger partial charge in [0.1, 0.15) is 0 Å². The largest absolute Gasteiger partial charge is 0.639 e. The number of thiazole rings is 1. The first-order chi connectivity index (χ1) is 10.7. The molecule has 1 unspecified atom stereocenters. The van der Waals surface area contributed by atoms with E-state index in [2.05, 4.69) is 11.1 Å². The molecule has 0 bridgehead atoms. The number of nitriles is 1. The van der Waals surface area contributed by atoms with Crippen LogP contribution in [0.25, 0.3) is 6.08 Å². The standard InChI is InChI=1S/C15H15N3O3S/c1-20-8-12-15(19)18(9-21-12)10-4-5-11-13(7-10)22-14(17-11)3-2-6-16/h5,7,9,12H,2-4,8H2,1H3. The first-order valence-corrected chi connectivity index (χ1v) is 7.76. The molecular weight excluding hydrogens is 302 g/mol. The summed E-state index contributed by atoms with van der Waals surface area (Å²) in [5.74, 6) is -0.112. The highest BCUT2D eigenvalue weighted by Gasteiger charge is 2.39. The zero-order chi connectivity index (χ0) is 15.5. The molecule has 1 atom stereocenters. The van der Waals surface area contributed by atoms with Crippen molar-refractivity contribution < 1.29 is 18.8 Å². The lowest BCUT2D eigenvalue weighted by Gasteiger charge is -2.18. The Morgan fingerprint density at radius 2 is 2.55 bits per heavy atom. The average molecular weight is 317 g/mol. The van der Waals surface area contributed by atoms with E-state index in [0.29, 0.717) is 19.3 Å². The van der Waals surface area contributed by atoms with Gasteiger partial charge in [0.2, 0.25) is 0 Å². The molecule has 1 aliphatic carbocycles. The number of aryl methyl sites for hydroxylation is 1. The number of methoxy groups -OCH3 is 1. The van der Waals surface area contributed by atoms with Crippen molar-refractivity contribution in [3.63, 3.8) is 0 Å². The minimum absolute atomic E-state index is 0.112. The lowest BCUT2D eigenvalue weighted by molar-refractivity contribution is -0.392. The summed E-state index contributed by atoms with van der Waals surface area (Å²) >= 11 is 1.56. The number of fused-ring (bicyclic) bond motifs is 1. The van der Waals surface area contributed by atoms with Crippen LogP contribution < -0.4 is 4.98 Å². The van der Waals surface area contributed by atoms with Crippen LogP contribution in [-0.4, -0.2) is 36.7 Å². The average Bonchev–Trinajstić information content (AvgIpc) is 3.09. The maximum atomic E-state index is 12.2. The number of hydrogen-bond acceptors (Lipinski definition) is 4. The van der Waals surface area contributed by atoms with Gasteiger partial charge >= 0.3 is 12.3 Å². The molecule has 6 nitrogen and oxygen atoms in total. The van der Waals surface area contributed by atoms with Gasteiger partial charge in [0, 0.05) is 20.0 Å². The van der Waals surface area contributed by atoms with Gasteiger partial charge < -0.3 is 14.5 Å².